The average molecular weight is 410 g/mol. The van der Waals surface area contributed by atoms with E-state index in [-0.39, 0.29) is 43.3 Å². The second kappa shape index (κ2) is 10.0. The van der Waals surface area contributed by atoms with Gasteiger partial charge in [-0.2, -0.15) is 0 Å². The van der Waals surface area contributed by atoms with Crippen molar-refractivity contribution in [1.29, 1.82) is 0 Å². The minimum absolute atomic E-state index is 0.0134. The van der Waals surface area contributed by atoms with Crippen molar-refractivity contribution in [2.75, 3.05) is 20.2 Å². The lowest BCUT2D eigenvalue weighted by Crippen LogP contribution is -2.45. The second-order valence-electron chi connectivity index (χ2n) is 8.45. The third-order valence-electron chi connectivity index (χ3n) is 4.92. The number of halogens is 1. The van der Waals surface area contributed by atoms with Crippen molar-refractivity contribution in [2.24, 2.45) is 0 Å². The molecule has 1 fully saturated rings. The summed E-state index contributed by atoms with van der Waals surface area (Å²) in [5, 5.41) is 15.5. The van der Waals surface area contributed by atoms with E-state index in [1.165, 1.54) is 6.07 Å². The van der Waals surface area contributed by atoms with Crippen LogP contribution in [-0.4, -0.2) is 65.9 Å². The van der Waals surface area contributed by atoms with E-state index in [0.717, 1.165) is 0 Å². The minimum Gasteiger partial charge on any atom is -0.444 e. The van der Waals surface area contributed by atoms with Gasteiger partial charge in [-0.3, -0.25) is 4.79 Å². The van der Waals surface area contributed by atoms with Gasteiger partial charge in [-0.05, 0) is 52.3 Å². The quantitative estimate of drug-likeness (QED) is 0.639. The standard InChI is InChI=1S/C21H32FN3O4/c1-21(2,3)29-20(28)24-15(9-14-7-5-6-8-18(14)22)11-19(27)25-12-16(23-4)10-17(25)13-26/h5-8,15-17,23,26H,9-13H2,1-4H3,(H,24,28)/t15-,16-,17+/m1/s1. The van der Waals surface area contributed by atoms with Crippen LogP contribution in [0, 0.1) is 5.82 Å². The fourth-order valence-electron chi connectivity index (χ4n) is 3.51. The first kappa shape index (κ1) is 23.1. The molecule has 0 radical (unpaired) electrons. The van der Waals surface area contributed by atoms with Gasteiger partial charge in [-0.1, -0.05) is 18.2 Å². The van der Waals surface area contributed by atoms with Crippen LogP contribution in [0.2, 0.25) is 0 Å². The normalized spacial score (nSPS) is 20.4. The SMILES string of the molecule is CN[C@@H]1C[C@@H](CO)N(C(=O)C[C@@H](Cc2ccccc2F)NC(=O)OC(C)(C)C)C1. The van der Waals surface area contributed by atoms with Gasteiger partial charge in [0.2, 0.25) is 5.91 Å². The number of benzene rings is 1. The Kier molecular flexibility index (Phi) is 7.98. The van der Waals surface area contributed by atoms with Gasteiger partial charge in [0.15, 0.2) is 0 Å². The zero-order valence-corrected chi connectivity index (χ0v) is 17.6. The molecular weight excluding hydrogens is 377 g/mol. The molecule has 1 aromatic carbocycles. The number of alkyl carbamates (subject to hydrolysis) is 1. The largest absolute Gasteiger partial charge is 0.444 e. The predicted octanol–water partition coefficient (Wildman–Crippen LogP) is 1.83. The van der Waals surface area contributed by atoms with E-state index in [9.17, 15) is 19.1 Å². The number of aliphatic hydroxyl groups is 1. The number of nitrogens with zero attached hydrogens (tertiary/aromatic N) is 1. The van der Waals surface area contributed by atoms with Crippen molar-refractivity contribution < 1.29 is 23.8 Å². The Morgan fingerprint density at radius 3 is 2.62 bits per heavy atom. The van der Waals surface area contributed by atoms with Crippen LogP contribution in [0.1, 0.15) is 39.2 Å². The molecule has 7 nitrogen and oxygen atoms in total. The van der Waals surface area contributed by atoms with E-state index in [0.29, 0.717) is 18.5 Å². The number of likely N-dealkylation sites (tertiary alicyclic amines) is 1. The van der Waals surface area contributed by atoms with Crippen molar-refractivity contribution in [3.8, 4) is 0 Å². The molecule has 1 saturated heterocycles. The molecular formula is C21H32FN3O4. The predicted molar refractivity (Wildman–Crippen MR) is 108 cm³/mol. The number of nitrogens with one attached hydrogen (secondary N) is 2. The minimum atomic E-state index is -0.687. The maximum atomic E-state index is 14.1. The van der Waals surface area contributed by atoms with Gasteiger partial charge in [0.1, 0.15) is 11.4 Å². The van der Waals surface area contributed by atoms with Gasteiger partial charge >= 0.3 is 6.09 Å². The molecule has 29 heavy (non-hydrogen) atoms. The summed E-state index contributed by atoms with van der Waals surface area (Å²) in [6.07, 6.45) is 0.154. The summed E-state index contributed by atoms with van der Waals surface area (Å²) in [7, 11) is 1.82. The van der Waals surface area contributed by atoms with Crippen LogP contribution in [-0.2, 0) is 16.0 Å². The summed E-state index contributed by atoms with van der Waals surface area (Å²) in [6, 6.07) is 5.49. The lowest BCUT2D eigenvalue weighted by atomic mass is 10.0. The number of aliphatic hydroxyl groups excluding tert-OH is 1. The molecule has 162 valence electrons. The van der Waals surface area contributed by atoms with E-state index in [1.54, 1.807) is 43.9 Å². The Morgan fingerprint density at radius 1 is 1.34 bits per heavy atom. The zero-order valence-electron chi connectivity index (χ0n) is 17.6. The summed E-state index contributed by atoms with van der Waals surface area (Å²) in [5.74, 6) is -0.584. The van der Waals surface area contributed by atoms with Crippen molar-refractivity contribution >= 4 is 12.0 Å². The van der Waals surface area contributed by atoms with Crippen LogP contribution in [0.5, 0.6) is 0 Å². The Hall–Kier alpha value is -2.19. The molecule has 3 N–H and O–H groups in total. The lowest BCUT2D eigenvalue weighted by Gasteiger charge is -2.27. The van der Waals surface area contributed by atoms with Crippen LogP contribution < -0.4 is 10.6 Å². The van der Waals surface area contributed by atoms with E-state index >= 15 is 0 Å². The van der Waals surface area contributed by atoms with Gasteiger partial charge in [0.25, 0.3) is 0 Å². The average Bonchev–Trinajstić information content (AvgIpc) is 3.05. The summed E-state index contributed by atoms with van der Waals surface area (Å²) >= 11 is 0. The number of rotatable bonds is 7. The van der Waals surface area contributed by atoms with Gasteiger partial charge < -0.3 is 25.4 Å². The summed E-state index contributed by atoms with van der Waals surface area (Å²) in [5.41, 5.74) is -0.275. The number of amides is 2. The second-order valence-corrected chi connectivity index (χ2v) is 8.45. The van der Waals surface area contributed by atoms with E-state index in [4.69, 9.17) is 4.74 Å². The molecule has 0 bridgehead atoms. The van der Waals surface area contributed by atoms with Crippen LogP contribution in [0.3, 0.4) is 0 Å². The molecule has 0 aliphatic carbocycles. The number of carbonyl (C=O) groups is 2. The number of hydrogen-bond acceptors (Lipinski definition) is 5. The first-order valence-electron chi connectivity index (χ1n) is 9.93. The van der Waals surface area contributed by atoms with E-state index in [1.807, 2.05) is 7.05 Å². The first-order valence-corrected chi connectivity index (χ1v) is 9.93. The molecule has 1 heterocycles. The molecule has 2 amide bonds. The maximum absolute atomic E-state index is 14.1. The molecule has 1 aliphatic heterocycles. The molecule has 2 rings (SSSR count). The highest BCUT2D eigenvalue weighted by Crippen LogP contribution is 2.20. The Labute approximate surface area is 171 Å². The number of likely N-dealkylation sites (N-methyl/N-ethyl adjacent to an activating group) is 1. The summed E-state index contributed by atoms with van der Waals surface area (Å²) in [6.45, 7) is 5.60. The van der Waals surface area contributed by atoms with E-state index in [2.05, 4.69) is 10.6 Å². The Bertz CT molecular complexity index is 707. The highest BCUT2D eigenvalue weighted by atomic mass is 19.1. The molecule has 0 aromatic heterocycles. The van der Waals surface area contributed by atoms with Crippen LogP contribution in [0.15, 0.2) is 24.3 Å². The number of hydrogen-bond donors (Lipinski definition) is 3. The first-order chi connectivity index (χ1) is 13.6. The van der Waals surface area contributed by atoms with Crippen LogP contribution in [0.25, 0.3) is 0 Å². The van der Waals surface area contributed by atoms with Crippen LogP contribution in [0.4, 0.5) is 9.18 Å². The monoisotopic (exact) mass is 409 g/mol. The summed E-state index contributed by atoms with van der Waals surface area (Å²) in [4.78, 5) is 26.8. The lowest BCUT2D eigenvalue weighted by molar-refractivity contribution is -0.133. The third-order valence-corrected chi connectivity index (χ3v) is 4.92. The fraction of sp³-hybridized carbons (Fsp3) is 0.619. The van der Waals surface area contributed by atoms with Gasteiger partial charge in [-0.15, -0.1) is 0 Å². The molecule has 1 aromatic rings. The third kappa shape index (κ3) is 6.97. The van der Waals surface area contributed by atoms with Crippen molar-refractivity contribution in [2.45, 2.75) is 63.8 Å². The molecule has 0 saturated carbocycles. The molecule has 1 aliphatic rings. The highest BCUT2D eigenvalue weighted by molar-refractivity contribution is 5.78. The van der Waals surface area contributed by atoms with Crippen molar-refractivity contribution in [3.05, 3.63) is 35.6 Å². The molecule has 0 spiro atoms. The smallest absolute Gasteiger partial charge is 0.407 e. The summed E-state index contributed by atoms with van der Waals surface area (Å²) < 4.78 is 19.4. The van der Waals surface area contributed by atoms with Crippen molar-refractivity contribution in [1.82, 2.24) is 15.5 Å². The molecule has 8 heteroatoms. The van der Waals surface area contributed by atoms with Crippen molar-refractivity contribution in [3.63, 3.8) is 0 Å². The zero-order chi connectivity index (χ0) is 21.6. The van der Waals surface area contributed by atoms with E-state index < -0.39 is 17.7 Å². The van der Waals surface area contributed by atoms with Gasteiger partial charge in [0, 0.05) is 25.0 Å². The maximum Gasteiger partial charge on any atom is 0.407 e. The van der Waals surface area contributed by atoms with Gasteiger partial charge in [-0.25, -0.2) is 9.18 Å². The topological polar surface area (TPSA) is 90.9 Å². The molecule has 0 unspecified atom stereocenters. The Balaban J connectivity index is 2.12. The fourth-order valence-corrected chi connectivity index (χ4v) is 3.51. The Morgan fingerprint density at radius 2 is 2.03 bits per heavy atom. The van der Waals surface area contributed by atoms with Crippen LogP contribution >= 0.6 is 0 Å². The number of carbonyl (C=O) groups excluding carboxylic acids is 2. The molecule has 3 atom stereocenters. The number of ether oxygens (including phenoxy) is 1. The highest BCUT2D eigenvalue weighted by Gasteiger charge is 2.35. The van der Waals surface area contributed by atoms with Gasteiger partial charge in [0.05, 0.1) is 12.6 Å².